The second-order valence-corrected chi connectivity index (χ2v) is 5.56. The lowest BCUT2D eigenvalue weighted by Gasteiger charge is -2.11. The van der Waals surface area contributed by atoms with Gasteiger partial charge in [-0.25, -0.2) is 9.97 Å². The number of hydrogen-bond acceptors (Lipinski definition) is 6. The summed E-state index contributed by atoms with van der Waals surface area (Å²) >= 11 is 0. The van der Waals surface area contributed by atoms with Gasteiger partial charge < -0.3 is 15.4 Å². The van der Waals surface area contributed by atoms with Crippen LogP contribution in [0.15, 0.2) is 60.9 Å². The maximum Gasteiger partial charge on any atom is 0.135 e. The van der Waals surface area contributed by atoms with Crippen LogP contribution in [0.1, 0.15) is 11.1 Å². The zero-order valence-electron chi connectivity index (χ0n) is 14.4. The van der Waals surface area contributed by atoms with E-state index in [1.807, 2.05) is 48.5 Å². The van der Waals surface area contributed by atoms with Gasteiger partial charge in [-0.2, -0.15) is 5.26 Å². The molecule has 26 heavy (non-hydrogen) atoms. The van der Waals surface area contributed by atoms with Crippen LogP contribution >= 0.6 is 0 Å². The van der Waals surface area contributed by atoms with Gasteiger partial charge in [-0.05, 0) is 30.2 Å². The fourth-order valence-corrected chi connectivity index (χ4v) is 2.58. The normalized spacial score (nSPS) is 10.0. The maximum atomic E-state index is 9.17. The highest BCUT2D eigenvalue weighted by molar-refractivity contribution is 5.65. The molecular formula is C20H19N5O. The molecule has 3 aromatic rings. The van der Waals surface area contributed by atoms with Crippen molar-refractivity contribution >= 4 is 17.3 Å². The number of anilines is 3. The summed E-state index contributed by atoms with van der Waals surface area (Å²) in [5.41, 5.74) is 2.42. The second kappa shape index (κ2) is 8.49. The van der Waals surface area contributed by atoms with E-state index in [9.17, 15) is 5.26 Å². The average Bonchev–Trinajstić information content (AvgIpc) is 2.69. The third kappa shape index (κ3) is 4.28. The number of hydrogen-bond donors (Lipinski definition) is 2. The van der Waals surface area contributed by atoms with Gasteiger partial charge in [-0.3, -0.25) is 0 Å². The Morgan fingerprint density at radius 2 is 1.81 bits per heavy atom. The number of para-hydroxylation sites is 2. The molecular weight excluding hydrogens is 326 g/mol. The van der Waals surface area contributed by atoms with Crippen molar-refractivity contribution in [2.24, 2.45) is 0 Å². The van der Waals surface area contributed by atoms with Crippen molar-refractivity contribution in [1.29, 1.82) is 5.26 Å². The van der Waals surface area contributed by atoms with Gasteiger partial charge in [-0.1, -0.05) is 30.3 Å². The van der Waals surface area contributed by atoms with Crippen molar-refractivity contribution in [3.8, 4) is 11.8 Å². The smallest absolute Gasteiger partial charge is 0.135 e. The summed E-state index contributed by atoms with van der Waals surface area (Å²) in [5, 5.41) is 15.6. The molecule has 0 aliphatic heterocycles. The topological polar surface area (TPSA) is 82.9 Å². The van der Waals surface area contributed by atoms with Crippen molar-refractivity contribution in [3.63, 3.8) is 0 Å². The van der Waals surface area contributed by atoms with Gasteiger partial charge in [0, 0.05) is 12.6 Å². The molecule has 0 saturated heterocycles. The van der Waals surface area contributed by atoms with Gasteiger partial charge in [0.15, 0.2) is 0 Å². The number of nitrogens with one attached hydrogen (secondary N) is 2. The molecule has 0 atom stereocenters. The van der Waals surface area contributed by atoms with Crippen LogP contribution in [0.4, 0.5) is 17.3 Å². The SMILES string of the molecule is COc1ccccc1CCNc1cc(Nc2ccccc2C#N)ncn1. The molecule has 2 aromatic carbocycles. The predicted octanol–water partition coefficient (Wildman–Crippen LogP) is 3.76. The van der Waals surface area contributed by atoms with Crippen LogP contribution in [0.25, 0.3) is 0 Å². The summed E-state index contributed by atoms with van der Waals surface area (Å²) in [7, 11) is 1.67. The molecule has 1 heterocycles. The summed E-state index contributed by atoms with van der Waals surface area (Å²) in [4.78, 5) is 8.45. The van der Waals surface area contributed by atoms with E-state index in [-0.39, 0.29) is 0 Å². The van der Waals surface area contributed by atoms with Crippen molar-refractivity contribution in [1.82, 2.24) is 9.97 Å². The number of nitriles is 1. The Kier molecular flexibility index (Phi) is 5.63. The molecule has 0 aliphatic carbocycles. The number of aromatic nitrogens is 2. The molecule has 0 spiro atoms. The van der Waals surface area contributed by atoms with Crippen LogP contribution in [-0.2, 0) is 6.42 Å². The third-order valence-electron chi connectivity index (χ3n) is 3.87. The van der Waals surface area contributed by atoms with E-state index in [0.29, 0.717) is 29.4 Å². The Hall–Kier alpha value is -3.59. The molecule has 0 aliphatic rings. The monoisotopic (exact) mass is 345 g/mol. The van der Waals surface area contributed by atoms with E-state index in [4.69, 9.17) is 4.74 Å². The first-order chi connectivity index (χ1) is 12.8. The molecule has 130 valence electrons. The van der Waals surface area contributed by atoms with E-state index >= 15 is 0 Å². The van der Waals surface area contributed by atoms with Gasteiger partial charge in [0.1, 0.15) is 29.8 Å². The van der Waals surface area contributed by atoms with Crippen LogP contribution < -0.4 is 15.4 Å². The van der Waals surface area contributed by atoms with Crippen molar-refractivity contribution < 1.29 is 4.74 Å². The largest absolute Gasteiger partial charge is 0.496 e. The molecule has 3 rings (SSSR count). The van der Waals surface area contributed by atoms with E-state index in [2.05, 4.69) is 26.7 Å². The van der Waals surface area contributed by atoms with Gasteiger partial charge in [0.2, 0.25) is 0 Å². The zero-order valence-corrected chi connectivity index (χ0v) is 14.4. The number of methoxy groups -OCH3 is 1. The second-order valence-electron chi connectivity index (χ2n) is 5.56. The van der Waals surface area contributed by atoms with Crippen LogP contribution in [-0.4, -0.2) is 23.6 Å². The number of rotatable bonds is 7. The number of nitrogens with zero attached hydrogens (tertiary/aromatic N) is 3. The molecule has 0 radical (unpaired) electrons. The van der Waals surface area contributed by atoms with Crippen LogP contribution in [0.2, 0.25) is 0 Å². The Morgan fingerprint density at radius 1 is 1.04 bits per heavy atom. The van der Waals surface area contributed by atoms with Crippen molar-refractivity contribution in [2.45, 2.75) is 6.42 Å². The zero-order chi connectivity index (χ0) is 18.2. The van der Waals surface area contributed by atoms with Gasteiger partial charge in [0.25, 0.3) is 0 Å². The molecule has 0 unspecified atom stereocenters. The molecule has 0 saturated carbocycles. The summed E-state index contributed by atoms with van der Waals surface area (Å²) in [6, 6.07) is 19.2. The Balaban J connectivity index is 1.63. The van der Waals surface area contributed by atoms with Crippen LogP contribution in [0, 0.1) is 11.3 Å². The summed E-state index contributed by atoms with van der Waals surface area (Å²) in [5.74, 6) is 2.22. The fourth-order valence-electron chi connectivity index (χ4n) is 2.58. The highest BCUT2D eigenvalue weighted by atomic mass is 16.5. The summed E-state index contributed by atoms with van der Waals surface area (Å²) < 4.78 is 5.37. The standard InChI is InChI=1S/C20H19N5O/c1-26-18-9-5-3-6-15(18)10-11-22-19-12-20(24-14-23-19)25-17-8-4-2-7-16(17)13-21/h2-9,12,14H,10-11H2,1H3,(H2,22,23,24,25). The number of benzene rings is 2. The maximum absolute atomic E-state index is 9.17. The lowest BCUT2D eigenvalue weighted by molar-refractivity contribution is 0.410. The van der Waals surface area contributed by atoms with Crippen LogP contribution in [0.3, 0.4) is 0 Å². The predicted molar refractivity (Wildman–Crippen MR) is 102 cm³/mol. The van der Waals surface area contributed by atoms with Gasteiger partial charge >= 0.3 is 0 Å². The van der Waals surface area contributed by atoms with Crippen LogP contribution in [0.5, 0.6) is 5.75 Å². The molecule has 2 N–H and O–H groups in total. The highest BCUT2D eigenvalue weighted by Gasteiger charge is 2.05. The third-order valence-corrected chi connectivity index (χ3v) is 3.87. The summed E-state index contributed by atoms with van der Waals surface area (Å²) in [6.07, 6.45) is 2.30. The first-order valence-corrected chi connectivity index (χ1v) is 8.24. The Morgan fingerprint density at radius 3 is 2.65 bits per heavy atom. The molecule has 0 fully saturated rings. The molecule has 1 aromatic heterocycles. The minimum Gasteiger partial charge on any atom is -0.496 e. The minimum atomic E-state index is 0.566. The van der Waals surface area contributed by atoms with E-state index in [1.54, 1.807) is 13.2 Å². The fraction of sp³-hybridized carbons (Fsp3) is 0.150. The summed E-state index contributed by atoms with van der Waals surface area (Å²) in [6.45, 7) is 0.714. The van der Waals surface area contributed by atoms with Crippen molar-refractivity contribution in [3.05, 3.63) is 72.1 Å². The lowest BCUT2D eigenvalue weighted by atomic mass is 10.1. The van der Waals surface area contributed by atoms with Gasteiger partial charge in [-0.15, -0.1) is 0 Å². The Labute approximate surface area is 152 Å². The first kappa shape index (κ1) is 17.2. The van der Waals surface area contributed by atoms with E-state index in [1.165, 1.54) is 6.33 Å². The van der Waals surface area contributed by atoms with Gasteiger partial charge in [0.05, 0.1) is 18.4 Å². The molecule has 0 bridgehead atoms. The van der Waals surface area contributed by atoms with E-state index in [0.717, 1.165) is 17.7 Å². The minimum absolute atomic E-state index is 0.566. The highest BCUT2D eigenvalue weighted by Crippen LogP contribution is 2.20. The van der Waals surface area contributed by atoms with E-state index < -0.39 is 0 Å². The molecule has 6 heteroatoms. The first-order valence-electron chi connectivity index (χ1n) is 8.24. The lowest BCUT2D eigenvalue weighted by Crippen LogP contribution is -2.08. The quantitative estimate of drug-likeness (QED) is 0.678. The average molecular weight is 345 g/mol. The molecule has 0 amide bonds. The molecule has 6 nitrogen and oxygen atoms in total. The van der Waals surface area contributed by atoms with Crippen molar-refractivity contribution in [2.75, 3.05) is 24.3 Å². The number of ether oxygens (including phenoxy) is 1. The Bertz CT molecular complexity index is 920.